The molecule has 1 aromatic heterocycles. The Kier molecular flexibility index (Phi) is 4.02. The summed E-state index contributed by atoms with van der Waals surface area (Å²) in [5.41, 5.74) is 2.77. The minimum atomic E-state index is 0.771. The second-order valence-corrected chi connectivity index (χ2v) is 6.05. The number of hydrogen-bond acceptors (Lipinski definition) is 3. The first-order valence-corrected chi connectivity index (χ1v) is 7.78. The summed E-state index contributed by atoms with van der Waals surface area (Å²) in [5, 5.41) is 3.62. The summed E-state index contributed by atoms with van der Waals surface area (Å²) in [6.45, 7) is 5.71. The molecule has 104 valence electrons. The Bertz CT molecular complexity index is 414. The highest BCUT2D eigenvalue weighted by Crippen LogP contribution is 2.29. The van der Waals surface area contributed by atoms with Crippen molar-refractivity contribution >= 4 is 5.69 Å². The quantitative estimate of drug-likeness (QED) is 0.851. The van der Waals surface area contributed by atoms with Crippen molar-refractivity contribution in [1.82, 2.24) is 10.3 Å². The van der Waals surface area contributed by atoms with Gasteiger partial charge in [-0.1, -0.05) is 13.3 Å². The second kappa shape index (κ2) is 5.91. The van der Waals surface area contributed by atoms with Crippen LogP contribution in [0, 0.1) is 5.92 Å². The SMILES string of the molecule is CCCC1CCN(c2cnccc2CNC2CC2)C1. The molecule has 0 aromatic carbocycles. The van der Waals surface area contributed by atoms with E-state index < -0.39 is 0 Å². The lowest BCUT2D eigenvalue weighted by atomic mass is 10.0. The average Bonchev–Trinajstić information content (AvgIpc) is 3.16. The highest BCUT2D eigenvalue weighted by atomic mass is 15.2. The predicted octanol–water partition coefficient (Wildman–Crippen LogP) is 2.96. The van der Waals surface area contributed by atoms with Gasteiger partial charge in [0.05, 0.1) is 11.9 Å². The Morgan fingerprint density at radius 2 is 2.26 bits per heavy atom. The second-order valence-electron chi connectivity index (χ2n) is 6.05. The Balaban J connectivity index is 1.65. The molecule has 1 saturated carbocycles. The molecule has 2 aliphatic rings. The number of hydrogen-bond donors (Lipinski definition) is 1. The molecule has 1 unspecified atom stereocenters. The number of anilines is 1. The van der Waals surface area contributed by atoms with Gasteiger partial charge >= 0.3 is 0 Å². The lowest BCUT2D eigenvalue weighted by Crippen LogP contribution is -2.23. The molecule has 3 rings (SSSR count). The lowest BCUT2D eigenvalue weighted by Gasteiger charge is -2.22. The Morgan fingerprint density at radius 1 is 1.37 bits per heavy atom. The van der Waals surface area contributed by atoms with Gasteiger partial charge in [-0.3, -0.25) is 4.98 Å². The molecular formula is C16H25N3. The highest BCUT2D eigenvalue weighted by molar-refractivity contribution is 5.52. The van der Waals surface area contributed by atoms with E-state index in [1.807, 2.05) is 6.20 Å². The molecule has 2 fully saturated rings. The number of rotatable bonds is 6. The maximum Gasteiger partial charge on any atom is 0.0598 e. The normalized spacial score (nSPS) is 23.0. The zero-order chi connectivity index (χ0) is 13.1. The van der Waals surface area contributed by atoms with E-state index in [-0.39, 0.29) is 0 Å². The molecule has 0 radical (unpaired) electrons. The van der Waals surface area contributed by atoms with Crippen molar-refractivity contribution in [2.45, 2.75) is 51.6 Å². The summed E-state index contributed by atoms with van der Waals surface area (Å²) in [6, 6.07) is 2.95. The van der Waals surface area contributed by atoms with E-state index in [1.165, 1.54) is 56.4 Å². The molecule has 1 saturated heterocycles. The van der Waals surface area contributed by atoms with Gasteiger partial charge in [-0.25, -0.2) is 0 Å². The van der Waals surface area contributed by atoms with E-state index in [0.717, 1.165) is 18.5 Å². The van der Waals surface area contributed by atoms with Crippen molar-refractivity contribution in [1.29, 1.82) is 0 Å². The molecule has 1 N–H and O–H groups in total. The summed E-state index contributed by atoms with van der Waals surface area (Å²) in [5.74, 6) is 0.884. The number of pyridine rings is 1. The van der Waals surface area contributed by atoms with Crippen LogP contribution in [0.2, 0.25) is 0 Å². The van der Waals surface area contributed by atoms with Gasteiger partial charge in [0.1, 0.15) is 0 Å². The molecule has 3 nitrogen and oxygen atoms in total. The third-order valence-electron chi connectivity index (χ3n) is 4.37. The van der Waals surface area contributed by atoms with E-state index >= 15 is 0 Å². The van der Waals surface area contributed by atoms with Crippen molar-refractivity contribution < 1.29 is 0 Å². The molecule has 2 heterocycles. The van der Waals surface area contributed by atoms with Gasteiger partial charge in [-0.15, -0.1) is 0 Å². The minimum absolute atomic E-state index is 0.771. The molecule has 0 spiro atoms. The molecule has 1 aliphatic heterocycles. The average molecular weight is 259 g/mol. The van der Waals surface area contributed by atoms with Crippen LogP contribution in [0.15, 0.2) is 18.5 Å². The van der Waals surface area contributed by atoms with Gasteiger partial charge in [0.2, 0.25) is 0 Å². The molecule has 3 heteroatoms. The Morgan fingerprint density at radius 3 is 3.05 bits per heavy atom. The first-order chi connectivity index (χ1) is 9.36. The van der Waals surface area contributed by atoms with Gasteiger partial charge in [-0.05, 0) is 43.2 Å². The summed E-state index contributed by atoms with van der Waals surface area (Å²) >= 11 is 0. The molecule has 1 aliphatic carbocycles. The maximum absolute atomic E-state index is 4.33. The van der Waals surface area contributed by atoms with Crippen LogP contribution in [-0.4, -0.2) is 24.1 Å². The summed E-state index contributed by atoms with van der Waals surface area (Å²) in [4.78, 5) is 6.87. The third kappa shape index (κ3) is 3.27. The van der Waals surface area contributed by atoms with Crippen molar-refractivity contribution in [3.63, 3.8) is 0 Å². The first kappa shape index (κ1) is 12.9. The lowest BCUT2D eigenvalue weighted by molar-refractivity contribution is 0.529. The van der Waals surface area contributed by atoms with Gasteiger partial charge in [0.25, 0.3) is 0 Å². The predicted molar refractivity (Wildman–Crippen MR) is 79.3 cm³/mol. The topological polar surface area (TPSA) is 28.2 Å². The smallest absolute Gasteiger partial charge is 0.0598 e. The van der Waals surface area contributed by atoms with Crippen LogP contribution in [0.4, 0.5) is 5.69 Å². The van der Waals surface area contributed by atoms with Crippen molar-refractivity contribution in [2.75, 3.05) is 18.0 Å². The highest BCUT2D eigenvalue weighted by Gasteiger charge is 2.25. The molecule has 1 atom stereocenters. The maximum atomic E-state index is 4.33. The van der Waals surface area contributed by atoms with Crippen LogP contribution in [0.5, 0.6) is 0 Å². The first-order valence-electron chi connectivity index (χ1n) is 7.78. The monoisotopic (exact) mass is 259 g/mol. The summed E-state index contributed by atoms with van der Waals surface area (Å²) < 4.78 is 0. The van der Waals surface area contributed by atoms with Crippen molar-refractivity contribution in [2.24, 2.45) is 5.92 Å². The molecular weight excluding hydrogens is 234 g/mol. The molecule has 0 amide bonds. The molecule has 19 heavy (non-hydrogen) atoms. The summed E-state index contributed by atoms with van der Waals surface area (Å²) in [7, 11) is 0. The number of aromatic nitrogens is 1. The van der Waals surface area contributed by atoms with Crippen LogP contribution in [-0.2, 0) is 6.54 Å². The van der Waals surface area contributed by atoms with Gasteiger partial charge in [0, 0.05) is 31.9 Å². The van der Waals surface area contributed by atoms with Crippen LogP contribution >= 0.6 is 0 Å². The summed E-state index contributed by atoms with van der Waals surface area (Å²) in [6.07, 6.45) is 10.7. The fourth-order valence-electron chi connectivity index (χ4n) is 3.09. The van der Waals surface area contributed by atoms with E-state index in [4.69, 9.17) is 0 Å². The van der Waals surface area contributed by atoms with Crippen LogP contribution in [0.3, 0.4) is 0 Å². The van der Waals surface area contributed by atoms with E-state index in [2.05, 4.69) is 34.4 Å². The largest absolute Gasteiger partial charge is 0.370 e. The van der Waals surface area contributed by atoms with Gasteiger partial charge in [-0.2, -0.15) is 0 Å². The van der Waals surface area contributed by atoms with Crippen LogP contribution in [0.25, 0.3) is 0 Å². The van der Waals surface area contributed by atoms with E-state index in [9.17, 15) is 0 Å². The van der Waals surface area contributed by atoms with Gasteiger partial charge < -0.3 is 10.2 Å². The fraction of sp³-hybridized carbons (Fsp3) is 0.688. The molecule has 1 aromatic rings. The standard InChI is InChI=1S/C16H25N3/c1-2-3-13-7-9-19(12-13)16-11-17-8-6-14(16)10-18-15-4-5-15/h6,8,11,13,15,18H,2-5,7,9-10,12H2,1H3. The van der Waals surface area contributed by atoms with Crippen LogP contribution in [0.1, 0.15) is 44.6 Å². The Hall–Kier alpha value is -1.09. The zero-order valence-electron chi connectivity index (χ0n) is 11.9. The molecule has 0 bridgehead atoms. The van der Waals surface area contributed by atoms with Crippen molar-refractivity contribution in [3.05, 3.63) is 24.0 Å². The number of nitrogens with one attached hydrogen (secondary N) is 1. The van der Waals surface area contributed by atoms with Crippen molar-refractivity contribution in [3.8, 4) is 0 Å². The minimum Gasteiger partial charge on any atom is -0.370 e. The van der Waals surface area contributed by atoms with Gasteiger partial charge in [0.15, 0.2) is 0 Å². The zero-order valence-corrected chi connectivity index (χ0v) is 11.9. The van der Waals surface area contributed by atoms with E-state index in [1.54, 1.807) is 0 Å². The fourth-order valence-corrected chi connectivity index (χ4v) is 3.09. The Labute approximate surface area is 116 Å². The van der Waals surface area contributed by atoms with E-state index in [0.29, 0.717) is 0 Å². The van der Waals surface area contributed by atoms with Crippen LogP contribution < -0.4 is 10.2 Å². The number of nitrogens with zero attached hydrogens (tertiary/aromatic N) is 2. The third-order valence-corrected chi connectivity index (χ3v) is 4.37.